The van der Waals surface area contributed by atoms with Gasteiger partial charge in [0, 0.05) is 16.6 Å². The Hall–Kier alpha value is -1.35. The van der Waals surface area contributed by atoms with Gasteiger partial charge in [-0.05, 0) is 35.4 Å². The van der Waals surface area contributed by atoms with Gasteiger partial charge in [-0.25, -0.2) is 4.39 Å². The van der Waals surface area contributed by atoms with Gasteiger partial charge in [0.05, 0.1) is 0 Å². The maximum Gasteiger partial charge on any atom is 0.123 e. The summed E-state index contributed by atoms with van der Waals surface area (Å²) in [5.74, 6) is -0.253. The van der Waals surface area contributed by atoms with Crippen molar-refractivity contribution in [3.8, 4) is 0 Å². The van der Waals surface area contributed by atoms with Gasteiger partial charge in [0.1, 0.15) is 5.82 Å². The number of hydrogen-bond acceptors (Lipinski definition) is 1. The lowest BCUT2D eigenvalue weighted by Crippen LogP contribution is -1.97. The number of nitrogen functional groups attached to an aromatic ring is 1. The zero-order chi connectivity index (χ0) is 11.5. The maximum absolute atomic E-state index is 13.1. The van der Waals surface area contributed by atoms with Gasteiger partial charge < -0.3 is 5.73 Å². The molecule has 1 nitrogen and oxygen atoms in total. The molecule has 0 heterocycles. The normalized spacial score (nSPS) is 10.4. The van der Waals surface area contributed by atoms with Crippen molar-refractivity contribution in [3.05, 3.63) is 63.9 Å². The zero-order valence-electron chi connectivity index (χ0n) is 8.58. The van der Waals surface area contributed by atoms with Crippen LogP contribution in [0.1, 0.15) is 11.1 Å². The van der Waals surface area contributed by atoms with Crippen molar-refractivity contribution < 1.29 is 4.39 Å². The molecular formula is C13H11BrFN. The fourth-order valence-corrected chi connectivity index (χ4v) is 2.00. The summed E-state index contributed by atoms with van der Waals surface area (Å²) >= 11 is 3.46. The number of benzene rings is 2. The van der Waals surface area contributed by atoms with Crippen LogP contribution in [0.15, 0.2) is 46.9 Å². The SMILES string of the molecule is Nc1ccc(F)cc1Cc1ccccc1Br. The molecule has 16 heavy (non-hydrogen) atoms. The van der Waals surface area contributed by atoms with Crippen LogP contribution >= 0.6 is 15.9 Å². The lowest BCUT2D eigenvalue weighted by atomic mass is 10.0. The van der Waals surface area contributed by atoms with Crippen LogP contribution in [0, 0.1) is 5.82 Å². The average molecular weight is 280 g/mol. The van der Waals surface area contributed by atoms with E-state index >= 15 is 0 Å². The predicted molar refractivity (Wildman–Crippen MR) is 67.8 cm³/mol. The van der Waals surface area contributed by atoms with E-state index in [0.717, 1.165) is 15.6 Å². The summed E-state index contributed by atoms with van der Waals surface area (Å²) in [6.07, 6.45) is 0.630. The molecule has 0 spiro atoms. The first-order chi connectivity index (χ1) is 7.66. The summed E-state index contributed by atoms with van der Waals surface area (Å²) in [6.45, 7) is 0. The zero-order valence-corrected chi connectivity index (χ0v) is 10.2. The molecule has 0 aliphatic rings. The number of halogens is 2. The molecule has 0 unspecified atom stereocenters. The molecule has 0 fully saturated rings. The summed E-state index contributed by atoms with van der Waals surface area (Å²) in [7, 11) is 0. The van der Waals surface area contributed by atoms with Crippen LogP contribution in [0.25, 0.3) is 0 Å². The average Bonchev–Trinajstić information content (AvgIpc) is 2.27. The van der Waals surface area contributed by atoms with Gasteiger partial charge in [-0.15, -0.1) is 0 Å². The topological polar surface area (TPSA) is 26.0 Å². The Morgan fingerprint density at radius 3 is 2.56 bits per heavy atom. The van der Waals surface area contributed by atoms with Crippen LogP contribution in [-0.4, -0.2) is 0 Å². The van der Waals surface area contributed by atoms with E-state index in [4.69, 9.17) is 5.73 Å². The highest BCUT2D eigenvalue weighted by atomic mass is 79.9. The first-order valence-electron chi connectivity index (χ1n) is 4.94. The Labute approximate surface area is 102 Å². The molecule has 0 radical (unpaired) electrons. The van der Waals surface area contributed by atoms with Crippen molar-refractivity contribution >= 4 is 21.6 Å². The molecule has 0 amide bonds. The first-order valence-corrected chi connectivity index (χ1v) is 5.73. The second-order valence-electron chi connectivity index (χ2n) is 3.61. The predicted octanol–water partition coefficient (Wildman–Crippen LogP) is 3.76. The number of rotatable bonds is 2. The molecule has 0 atom stereocenters. The molecule has 0 aliphatic heterocycles. The molecule has 2 aromatic rings. The minimum atomic E-state index is -0.253. The second-order valence-corrected chi connectivity index (χ2v) is 4.47. The van der Waals surface area contributed by atoms with Gasteiger partial charge in [-0.2, -0.15) is 0 Å². The Balaban J connectivity index is 2.34. The third-order valence-electron chi connectivity index (χ3n) is 2.44. The summed E-state index contributed by atoms with van der Waals surface area (Å²) < 4.78 is 14.1. The van der Waals surface area contributed by atoms with Crippen molar-refractivity contribution in [1.29, 1.82) is 0 Å². The lowest BCUT2D eigenvalue weighted by Gasteiger charge is -2.07. The van der Waals surface area contributed by atoms with Crippen LogP contribution in [0.5, 0.6) is 0 Å². The molecular weight excluding hydrogens is 269 g/mol. The molecule has 0 saturated heterocycles. The van der Waals surface area contributed by atoms with Gasteiger partial charge in [0.15, 0.2) is 0 Å². The Morgan fingerprint density at radius 2 is 1.81 bits per heavy atom. The largest absolute Gasteiger partial charge is 0.398 e. The monoisotopic (exact) mass is 279 g/mol. The molecule has 82 valence electrons. The first kappa shape index (κ1) is 11.1. The minimum Gasteiger partial charge on any atom is -0.398 e. The van der Waals surface area contributed by atoms with Crippen LogP contribution in [0.4, 0.5) is 10.1 Å². The molecule has 0 aromatic heterocycles. The van der Waals surface area contributed by atoms with Gasteiger partial charge in [0.2, 0.25) is 0 Å². The standard InChI is InChI=1S/C13H11BrFN/c14-12-4-2-1-3-9(12)7-10-8-11(15)5-6-13(10)16/h1-6,8H,7,16H2. The number of hydrogen-bond donors (Lipinski definition) is 1. The van der Waals surface area contributed by atoms with Gasteiger partial charge in [-0.1, -0.05) is 34.1 Å². The summed E-state index contributed by atoms with van der Waals surface area (Å²) in [4.78, 5) is 0. The van der Waals surface area contributed by atoms with Gasteiger partial charge >= 0.3 is 0 Å². The minimum absolute atomic E-state index is 0.253. The van der Waals surface area contributed by atoms with Crippen LogP contribution in [-0.2, 0) is 6.42 Å². The van der Waals surface area contributed by atoms with Crippen molar-refractivity contribution in [2.24, 2.45) is 0 Å². The molecule has 2 N–H and O–H groups in total. The smallest absolute Gasteiger partial charge is 0.123 e. The van der Waals surface area contributed by atoms with Gasteiger partial charge in [0.25, 0.3) is 0 Å². The molecule has 0 bridgehead atoms. The lowest BCUT2D eigenvalue weighted by molar-refractivity contribution is 0.626. The summed E-state index contributed by atoms with van der Waals surface area (Å²) in [6, 6.07) is 12.3. The summed E-state index contributed by atoms with van der Waals surface area (Å²) in [5, 5.41) is 0. The van der Waals surface area contributed by atoms with E-state index in [0.29, 0.717) is 12.1 Å². The second kappa shape index (κ2) is 4.66. The number of nitrogens with two attached hydrogens (primary N) is 1. The maximum atomic E-state index is 13.1. The highest BCUT2D eigenvalue weighted by Gasteiger charge is 2.05. The third-order valence-corrected chi connectivity index (χ3v) is 3.22. The van der Waals surface area contributed by atoms with E-state index in [-0.39, 0.29) is 5.82 Å². The van der Waals surface area contributed by atoms with E-state index in [2.05, 4.69) is 15.9 Å². The van der Waals surface area contributed by atoms with Crippen molar-refractivity contribution in [2.75, 3.05) is 5.73 Å². The highest BCUT2D eigenvalue weighted by molar-refractivity contribution is 9.10. The molecule has 0 aliphatic carbocycles. The van der Waals surface area contributed by atoms with E-state index in [1.165, 1.54) is 12.1 Å². The van der Waals surface area contributed by atoms with Crippen molar-refractivity contribution in [2.45, 2.75) is 6.42 Å². The third kappa shape index (κ3) is 2.42. The van der Waals surface area contributed by atoms with Crippen molar-refractivity contribution in [3.63, 3.8) is 0 Å². The molecule has 0 saturated carbocycles. The Morgan fingerprint density at radius 1 is 1.06 bits per heavy atom. The van der Waals surface area contributed by atoms with Gasteiger partial charge in [-0.3, -0.25) is 0 Å². The van der Waals surface area contributed by atoms with Crippen LogP contribution in [0.2, 0.25) is 0 Å². The van der Waals surface area contributed by atoms with E-state index < -0.39 is 0 Å². The van der Waals surface area contributed by atoms with Crippen molar-refractivity contribution in [1.82, 2.24) is 0 Å². The van der Waals surface area contributed by atoms with E-state index in [1.54, 1.807) is 6.07 Å². The highest BCUT2D eigenvalue weighted by Crippen LogP contribution is 2.22. The number of anilines is 1. The molecule has 2 aromatic carbocycles. The van der Waals surface area contributed by atoms with E-state index in [9.17, 15) is 4.39 Å². The fourth-order valence-electron chi connectivity index (χ4n) is 1.57. The molecule has 3 heteroatoms. The summed E-state index contributed by atoms with van der Waals surface area (Å²) in [5.41, 5.74) is 8.34. The Bertz CT molecular complexity index is 511. The van der Waals surface area contributed by atoms with E-state index in [1.807, 2.05) is 24.3 Å². The quantitative estimate of drug-likeness (QED) is 0.833. The van der Waals surface area contributed by atoms with Crippen LogP contribution < -0.4 is 5.73 Å². The fraction of sp³-hybridized carbons (Fsp3) is 0.0769. The molecule has 2 rings (SSSR count). The van der Waals surface area contributed by atoms with Crippen LogP contribution in [0.3, 0.4) is 0 Å². The Kier molecular flexibility index (Phi) is 3.25.